The summed E-state index contributed by atoms with van der Waals surface area (Å²) in [4.78, 5) is 21.9. The van der Waals surface area contributed by atoms with Crippen molar-refractivity contribution in [3.8, 4) is 0 Å². The Labute approximate surface area is 232 Å². The molecule has 1 aromatic heterocycles. The van der Waals surface area contributed by atoms with E-state index in [1.165, 1.54) is 0 Å². The molecule has 1 fully saturated rings. The molecular formula is C29H27Cl2N3O3S. The number of pyridine rings is 1. The van der Waals surface area contributed by atoms with Gasteiger partial charge >= 0.3 is 0 Å². The Hall–Kier alpha value is -2.97. The lowest BCUT2D eigenvalue weighted by Crippen LogP contribution is -2.35. The second kappa shape index (κ2) is 11.4. The standard InChI is InChI=1S/C29H27Cl2N3O3S/c30-25-12-9-22(18-26(25)31)19-33-14-3-15-34(17-16-33)29(35)24-10-7-21(8-11-24)20-38(36,37)27-6-1-4-23-5-2-13-32-28(23)27/h1-2,4-13,18H,3,14-17,19-20H2. The Morgan fingerprint density at radius 2 is 1.61 bits per heavy atom. The van der Waals surface area contributed by atoms with Crippen molar-refractivity contribution >= 4 is 49.8 Å². The summed E-state index contributed by atoms with van der Waals surface area (Å²) in [7, 11) is -3.61. The maximum absolute atomic E-state index is 13.2. The predicted octanol–water partition coefficient (Wildman–Crippen LogP) is 5.86. The second-order valence-corrected chi connectivity index (χ2v) is 12.2. The topological polar surface area (TPSA) is 70.6 Å². The molecule has 6 nitrogen and oxygen atoms in total. The summed E-state index contributed by atoms with van der Waals surface area (Å²) in [5.41, 5.74) is 2.73. The molecule has 0 saturated carbocycles. The van der Waals surface area contributed by atoms with E-state index in [4.69, 9.17) is 23.2 Å². The van der Waals surface area contributed by atoms with Gasteiger partial charge < -0.3 is 4.90 Å². The smallest absolute Gasteiger partial charge is 0.253 e. The molecule has 38 heavy (non-hydrogen) atoms. The Morgan fingerprint density at radius 3 is 2.39 bits per heavy atom. The van der Waals surface area contributed by atoms with Crippen LogP contribution in [-0.2, 0) is 22.1 Å². The fourth-order valence-corrected chi connectivity index (χ4v) is 6.64. The van der Waals surface area contributed by atoms with E-state index in [9.17, 15) is 13.2 Å². The molecule has 1 amide bonds. The van der Waals surface area contributed by atoms with Crippen molar-refractivity contribution < 1.29 is 13.2 Å². The number of aromatic nitrogens is 1. The molecule has 5 rings (SSSR count). The highest BCUT2D eigenvalue weighted by Gasteiger charge is 2.22. The molecule has 1 aliphatic rings. The molecule has 0 N–H and O–H groups in total. The third kappa shape index (κ3) is 6.02. The maximum atomic E-state index is 13.2. The number of carbonyl (C=O) groups excluding carboxylic acids is 1. The van der Waals surface area contributed by atoms with Crippen molar-refractivity contribution in [3.63, 3.8) is 0 Å². The van der Waals surface area contributed by atoms with Gasteiger partial charge in [0.15, 0.2) is 9.84 Å². The third-order valence-electron chi connectivity index (χ3n) is 6.75. The van der Waals surface area contributed by atoms with Gasteiger partial charge in [0, 0.05) is 49.9 Å². The normalized spacial score (nSPS) is 14.9. The van der Waals surface area contributed by atoms with Gasteiger partial charge in [-0.15, -0.1) is 0 Å². The number of rotatable bonds is 6. The number of amides is 1. The molecule has 0 atom stereocenters. The van der Waals surface area contributed by atoms with Gasteiger partial charge in [-0.05, 0) is 53.9 Å². The summed E-state index contributed by atoms with van der Waals surface area (Å²) in [6.45, 7) is 3.66. The number of benzene rings is 3. The van der Waals surface area contributed by atoms with Gasteiger partial charge in [-0.3, -0.25) is 14.7 Å². The van der Waals surface area contributed by atoms with Crippen LogP contribution in [0.15, 0.2) is 83.9 Å². The number of para-hydroxylation sites is 1. The predicted molar refractivity (Wildman–Crippen MR) is 151 cm³/mol. The highest BCUT2D eigenvalue weighted by atomic mass is 35.5. The summed E-state index contributed by atoms with van der Waals surface area (Å²) in [5.74, 6) is -0.209. The highest BCUT2D eigenvalue weighted by Crippen LogP contribution is 2.25. The van der Waals surface area contributed by atoms with Crippen LogP contribution in [0.25, 0.3) is 10.9 Å². The minimum Gasteiger partial charge on any atom is -0.337 e. The van der Waals surface area contributed by atoms with Crippen LogP contribution < -0.4 is 0 Å². The minimum atomic E-state index is -3.61. The molecule has 3 aromatic carbocycles. The first-order chi connectivity index (χ1) is 18.3. The summed E-state index contributed by atoms with van der Waals surface area (Å²) in [5, 5.41) is 1.86. The molecule has 4 aromatic rings. The summed E-state index contributed by atoms with van der Waals surface area (Å²) in [6.07, 6.45) is 2.46. The van der Waals surface area contributed by atoms with Crippen LogP contribution in [-0.4, -0.2) is 55.3 Å². The summed E-state index contributed by atoms with van der Waals surface area (Å²) < 4.78 is 26.4. The van der Waals surface area contributed by atoms with E-state index in [-0.39, 0.29) is 16.6 Å². The van der Waals surface area contributed by atoms with Crippen molar-refractivity contribution in [1.29, 1.82) is 0 Å². The Kier molecular flexibility index (Phi) is 8.00. The average Bonchev–Trinajstić information content (AvgIpc) is 3.16. The minimum absolute atomic E-state index is 0.0472. The Balaban J connectivity index is 1.23. The van der Waals surface area contributed by atoms with Crippen LogP contribution in [0.5, 0.6) is 0 Å². The largest absolute Gasteiger partial charge is 0.337 e. The lowest BCUT2D eigenvalue weighted by atomic mass is 10.1. The van der Waals surface area contributed by atoms with E-state index in [0.29, 0.717) is 39.8 Å². The van der Waals surface area contributed by atoms with Gasteiger partial charge in [0.2, 0.25) is 0 Å². The van der Waals surface area contributed by atoms with E-state index >= 15 is 0 Å². The van der Waals surface area contributed by atoms with Crippen LogP contribution in [0.3, 0.4) is 0 Å². The highest BCUT2D eigenvalue weighted by molar-refractivity contribution is 7.90. The van der Waals surface area contributed by atoms with Gasteiger partial charge in [-0.1, -0.05) is 59.6 Å². The molecule has 1 aliphatic heterocycles. The molecular weight excluding hydrogens is 541 g/mol. The van der Waals surface area contributed by atoms with Gasteiger partial charge in [-0.2, -0.15) is 0 Å². The Morgan fingerprint density at radius 1 is 0.842 bits per heavy atom. The van der Waals surface area contributed by atoms with Crippen molar-refractivity contribution in [2.24, 2.45) is 0 Å². The quantitative estimate of drug-likeness (QED) is 0.291. The van der Waals surface area contributed by atoms with Gasteiger partial charge in [-0.25, -0.2) is 8.42 Å². The number of sulfone groups is 1. The zero-order chi connectivity index (χ0) is 26.7. The van der Waals surface area contributed by atoms with Gasteiger partial charge in [0.25, 0.3) is 5.91 Å². The fraction of sp³-hybridized carbons (Fsp3) is 0.241. The number of carbonyl (C=O) groups is 1. The van der Waals surface area contributed by atoms with E-state index < -0.39 is 9.84 Å². The summed E-state index contributed by atoms with van der Waals surface area (Å²) >= 11 is 12.2. The first-order valence-corrected chi connectivity index (χ1v) is 14.8. The summed E-state index contributed by atoms with van der Waals surface area (Å²) in [6, 6.07) is 21.3. The van der Waals surface area contributed by atoms with Gasteiger partial charge in [0.1, 0.15) is 0 Å². The molecule has 2 heterocycles. The number of halogens is 2. The lowest BCUT2D eigenvalue weighted by Gasteiger charge is -2.22. The van der Waals surface area contributed by atoms with Crippen molar-refractivity contribution in [2.75, 3.05) is 26.2 Å². The maximum Gasteiger partial charge on any atom is 0.253 e. The second-order valence-electron chi connectivity index (χ2n) is 9.46. The van der Waals surface area contributed by atoms with E-state index in [1.807, 2.05) is 29.2 Å². The van der Waals surface area contributed by atoms with Crippen molar-refractivity contribution in [2.45, 2.75) is 23.6 Å². The van der Waals surface area contributed by atoms with Crippen LogP contribution in [0.1, 0.15) is 27.9 Å². The van der Waals surface area contributed by atoms with Crippen LogP contribution in [0.4, 0.5) is 0 Å². The fourth-order valence-electron chi connectivity index (χ4n) is 4.78. The van der Waals surface area contributed by atoms with E-state index in [1.54, 1.807) is 54.7 Å². The van der Waals surface area contributed by atoms with Gasteiger partial charge in [0.05, 0.1) is 26.2 Å². The molecule has 0 spiro atoms. The molecule has 196 valence electrons. The monoisotopic (exact) mass is 567 g/mol. The molecule has 0 unspecified atom stereocenters. The molecule has 0 aliphatic carbocycles. The third-order valence-corrected chi connectivity index (χ3v) is 9.21. The first kappa shape index (κ1) is 26.6. The number of hydrogen-bond acceptors (Lipinski definition) is 5. The number of nitrogens with zero attached hydrogens (tertiary/aromatic N) is 3. The molecule has 0 radical (unpaired) electrons. The van der Waals surface area contributed by atoms with Crippen LogP contribution in [0, 0.1) is 0 Å². The Bertz CT molecular complexity index is 1570. The SMILES string of the molecule is O=C(c1ccc(CS(=O)(=O)c2cccc3cccnc23)cc1)N1CCCN(Cc2ccc(Cl)c(Cl)c2)CC1. The molecule has 0 bridgehead atoms. The van der Waals surface area contributed by atoms with E-state index in [0.717, 1.165) is 37.0 Å². The molecule has 1 saturated heterocycles. The first-order valence-electron chi connectivity index (χ1n) is 12.4. The van der Waals surface area contributed by atoms with Crippen LogP contribution >= 0.6 is 23.2 Å². The zero-order valence-electron chi connectivity index (χ0n) is 20.7. The van der Waals surface area contributed by atoms with Crippen molar-refractivity contribution in [3.05, 3.63) is 106 Å². The molecule has 9 heteroatoms. The van der Waals surface area contributed by atoms with Crippen LogP contribution in [0.2, 0.25) is 10.0 Å². The number of hydrogen-bond donors (Lipinski definition) is 0. The zero-order valence-corrected chi connectivity index (χ0v) is 23.0. The average molecular weight is 569 g/mol. The lowest BCUT2D eigenvalue weighted by molar-refractivity contribution is 0.0761. The van der Waals surface area contributed by atoms with E-state index in [2.05, 4.69) is 9.88 Å². The number of fused-ring (bicyclic) bond motifs is 1. The van der Waals surface area contributed by atoms with Crippen molar-refractivity contribution in [1.82, 2.24) is 14.8 Å².